The third kappa shape index (κ3) is 2.91. The van der Waals surface area contributed by atoms with Gasteiger partial charge in [0.25, 0.3) is 0 Å². The molecule has 98 valence electrons. The Morgan fingerprint density at radius 1 is 1.53 bits per heavy atom. The summed E-state index contributed by atoms with van der Waals surface area (Å²) in [6.45, 7) is 2.11. The van der Waals surface area contributed by atoms with Gasteiger partial charge >= 0.3 is 5.97 Å². The van der Waals surface area contributed by atoms with Crippen LogP contribution in [0.5, 0.6) is 0 Å². The van der Waals surface area contributed by atoms with Gasteiger partial charge in [-0.25, -0.2) is 9.78 Å². The molecule has 2 aromatic heterocycles. The number of nitrogens with zero attached hydrogens (tertiary/aromatic N) is 3. The summed E-state index contributed by atoms with van der Waals surface area (Å²) in [4.78, 5) is 15.9. The van der Waals surface area contributed by atoms with Crippen molar-refractivity contribution in [3.05, 3.63) is 35.8 Å². The van der Waals surface area contributed by atoms with Crippen LogP contribution < -0.4 is 0 Å². The fourth-order valence-electron chi connectivity index (χ4n) is 1.90. The predicted molar refractivity (Wildman–Crippen MR) is 69.7 cm³/mol. The SMILES string of the molecule is CCOC(=O)c1cnc2ccc(CCCC#N)cn12. The lowest BCUT2D eigenvalue weighted by Crippen LogP contribution is -2.08. The fourth-order valence-corrected chi connectivity index (χ4v) is 1.90. The van der Waals surface area contributed by atoms with Crippen LogP contribution in [-0.4, -0.2) is 22.0 Å². The number of carbonyl (C=O) groups excluding carboxylic acids is 1. The van der Waals surface area contributed by atoms with Gasteiger partial charge in [-0.3, -0.25) is 4.40 Å². The Bertz CT molecular complexity index is 625. The van der Waals surface area contributed by atoms with Gasteiger partial charge in [0.15, 0.2) is 5.69 Å². The molecule has 0 bridgehead atoms. The van der Waals surface area contributed by atoms with Crippen LogP contribution >= 0.6 is 0 Å². The van der Waals surface area contributed by atoms with Gasteiger partial charge in [0, 0.05) is 12.6 Å². The van der Waals surface area contributed by atoms with Crippen molar-refractivity contribution in [2.24, 2.45) is 0 Å². The number of hydrogen-bond acceptors (Lipinski definition) is 4. The van der Waals surface area contributed by atoms with E-state index in [0.717, 1.165) is 18.4 Å². The monoisotopic (exact) mass is 257 g/mol. The lowest BCUT2D eigenvalue weighted by Gasteiger charge is -2.04. The van der Waals surface area contributed by atoms with E-state index in [4.69, 9.17) is 10.00 Å². The van der Waals surface area contributed by atoms with Gasteiger partial charge in [0.05, 0.1) is 18.9 Å². The molecule has 0 aliphatic rings. The third-order valence-corrected chi connectivity index (χ3v) is 2.81. The fraction of sp³-hybridized carbons (Fsp3) is 0.357. The minimum absolute atomic E-state index is 0.341. The van der Waals surface area contributed by atoms with Crippen molar-refractivity contribution in [2.75, 3.05) is 6.61 Å². The van der Waals surface area contributed by atoms with Gasteiger partial charge in [0.2, 0.25) is 0 Å². The number of aromatic nitrogens is 2. The Hall–Kier alpha value is -2.35. The van der Waals surface area contributed by atoms with Gasteiger partial charge in [-0.1, -0.05) is 6.07 Å². The van der Waals surface area contributed by atoms with E-state index in [9.17, 15) is 4.79 Å². The van der Waals surface area contributed by atoms with Crippen LogP contribution in [0, 0.1) is 11.3 Å². The molecule has 0 N–H and O–H groups in total. The molecular weight excluding hydrogens is 242 g/mol. The molecule has 0 fully saturated rings. The van der Waals surface area contributed by atoms with E-state index in [1.807, 2.05) is 18.3 Å². The largest absolute Gasteiger partial charge is 0.461 e. The van der Waals surface area contributed by atoms with E-state index in [0.29, 0.717) is 24.4 Å². The maximum absolute atomic E-state index is 11.8. The molecule has 0 spiro atoms. The molecule has 0 unspecified atom stereocenters. The van der Waals surface area contributed by atoms with Crippen LogP contribution in [0.25, 0.3) is 5.65 Å². The molecule has 0 aliphatic carbocycles. The van der Waals surface area contributed by atoms with Crippen LogP contribution in [0.15, 0.2) is 24.5 Å². The van der Waals surface area contributed by atoms with Gasteiger partial charge in [0.1, 0.15) is 5.65 Å². The van der Waals surface area contributed by atoms with E-state index >= 15 is 0 Å². The van der Waals surface area contributed by atoms with Crippen LogP contribution in [0.3, 0.4) is 0 Å². The highest BCUT2D eigenvalue weighted by Crippen LogP contribution is 2.12. The summed E-state index contributed by atoms with van der Waals surface area (Å²) in [5, 5.41) is 8.53. The molecule has 0 saturated carbocycles. The first kappa shape index (κ1) is 13.1. The molecule has 5 nitrogen and oxygen atoms in total. The van der Waals surface area contributed by atoms with Gasteiger partial charge in [-0.2, -0.15) is 5.26 Å². The number of fused-ring (bicyclic) bond motifs is 1. The molecule has 2 aromatic rings. The van der Waals surface area contributed by atoms with Crippen LogP contribution in [0.2, 0.25) is 0 Å². The summed E-state index contributed by atoms with van der Waals surface area (Å²) in [6, 6.07) is 5.96. The molecule has 5 heteroatoms. The first-order chi connectivity index (χ1) is 9.26. The second-order valence-electron chi connectivity index (χ2n) is 4.14. The Balaban J connectivity index is 2.27. The van der Waals surface area contributed by atoms with E-state index in [-0.39, 0.29) is 5.97 Å². The maximum atomic E-state index is 11.8. The van der Waals surface area contributed by atoms with Gasteiger partial charge in [-0.05, 0) is 31.4 Å². The van der Waals surface area contributed by atoms with Crippen molar-refractivity contribution < 1.29 is 9.53 Å². The van der Waals surface area contributed by atoms with E-state index in [2.05, 4.69) is 11.1 Å². The molecule has 0 aromatic carbocycles. The Morgan fingerprint density at radius 2 is 2.37 bits per heavy atom. The number of ether oxygens (including phenoxy) is 1. The quantitative estimate of drug-likeness (QED) is 0.609. The molecule has 0 saturated heterocycles. The second-order valence-corrected chi connectivity index (χ2v) is 4.14. The normalized spacial score (nSPS) is 10.3. The summed E-state index contributed by atoms with van der Waals surface area (Å²) in [6.07, 6.45) is 5.56. The molecule has 0 radical (unpaired) electrons. The van der Waals surface area contributed by atoms with Crippen molar-refractivity contribution in [1.82, 2.24) is 9.38 Å². The van der Waals surface area contributed by atoms with Crippen molar-refractivity contribution in [1.29, 1.82) is 5.26 Å². The van der Waals surface area contributed by atoms with Crippen molar-refractivity contribution in [3.63, 3.8) is 0 Å². The highest BCUT2D eigenvalue weighted by molar-refractivity contribution is 5.88. The number of pyridine rings is 1. The lowest BCUT2D eigenvalue weighted by atomic mass is 10.1. The Labute approximate surface area is 111 Å². The highest BCUT2D eigenvalue weighted by Gasteiger charge is 2.13. The maximum Gasteiger partial charge on any atom is 0.356 e. The zero-order valence-electron chi connectivity index (χ0n) is 10.8. The summed E-state index contributed by atoms with van der Waals surface area (Å²) in [7, 11) is 0. The van der Waals surface area contributed by atoms with Gasteiger partial charge in [-0.15, -0.1) is 0 Å². The van der Waals surface area contributed by atoms with Crippen molar-refractivity contribution >= 4 is 11.6 Å². The average Bonchev–Trinajstić information content (AvgIpc) is 2.82. The third-order valence-electron chi connectivity index (χ3n) is 2.81. The number of rotatable bonds is 5. The van der Waals surface area contributed by atoms with Crippen LogP contribution in [-0.2, 0) is 11.2 Å². The number of esters is 1. The Kier molecular flexibility index (Phi) is 4.14. The molecule has 19 heavy (non-hydrogen) atoms. The summed E-state index contributed by atoms with van der Waals surface area (Å²) in [5.41, 5.74) is 2.22. The van der Waals surface area contributed by atoms with Crippen LogP contribution in [0.1, 0.15) is 35.8 Å². The summed E-state index contributed by atoms with van der Waals surface area (Å²) in [5.74, 6) is -0.371. The molecule has 0 aliphatic heterocycles. The minimum Gasteiger partial charge on any atom is -0.461 e. The minimum atomic E-state index is -0.371. The zero-order valence-corrected chi connectivity index (χ0v) is 10.8. The number of imidazole rings is 1. The number of hydrogen-bond donors (Lipinski definition) is 0. The molecule has 0 amide bonds. The van der Waals surface area contributed by atoms with E-state index in [1.54, 1.807) is 11.3 Å². The second kappa shape index (κ2) is 6.01. The number of carbonyl (C=O) groups is 1. The zero-order chi connectivity index (χ0) is 13.7. The summed E-state index contributed by atoms with van der Waals surface area (Å²) < 4.78 is 6.73. The summed E-state index contributed by atoms with van der Waals surface area (Å²) >= 11 is 0. The molecule has 2 rings (SSSR count). The smallest absolute Gasteiger partial charge is 0.356 e. The molecular formula is C14H15N3O2. The predicted octanol–water partition coefficient (Wildman–Crippen LogP) is 2.36. The Morgan fingerprint density at radius 3 is 3.11 bits per heavy atom. The first-order valence-electron chi connectivity index (χ1n) is 6.26. The standard InChI is InChI=1S/C14H15N3O2/c1-2-19-14(18)12-9-16-13-7-6-11(10-17(12)13)5-3-4-8-15/h6-7,9-10H,2-5H2,1H3. The van der Waals surface area contributed by atoms with Crippen molar-refractivity contribution in [2.45, 2.75) is 26.2 Å². The molecule has 2 heterocycles. The van der Waals surface area contributed by atoms with E-state index in [1.165, 1.54) is 6.20 Å². The average molecular weight is 257 g/mol. The van der Waals surface area contributed by atoms with Gasteiger partial charge < -0.3 is 4.74 Å². The number of aryl methyl sites for hydroxylation is 1. The number of nitriles is 1. The van der Waals surface area contributed by atoms with E-state index < -0.39 is 0 Å². The number of unbranched alkanes of at least 4 members (excludes halogenated alkanes) is 1. The van der Waals surface area contributed by atoms with Crippen molar-refractivity contribution in [3.8, 4) is 6.07 Å². The first-order valence-corrected chi connectivity index (χ1v) is 6.26. The highest BCUT2D eigenvalue weighted by atomic mass is 16.5. The molecule has 0 atom stereocenters. The topological polar surface area (TPSA) is 67.4 Å². The van der Waals surface area contributed by atoms with Crippen LogP contribution in [0.4, 0.5) is 0 Å². The lowest BCUT2D eigenvalue weighted by molar-refractivity contribution is 0.0518.